The predicted molar refractivity (Wildman–Crippen MR) is 131 cm³/mol. The summed E-state index contributed by atoms with van der Waals surface area (Å²) in [5.41, 5.74) is 6.27. The van der Waals surface area contributed by atoms with Gasteiger partial charge in [0.05, 0.1) is 11.6 Å². The monoisotopic (exact) mass is 452 g/mol. The molecule has 0 heterocycles. The fraction of sp³-hybridized carbons (Fsp3) is 0.269. The number of ether oxygens (including phenoxy) is 2. The summed E-state index contributed by atoms with van der Waals surface area (Å²) in [6, 6.07) is 17.6. The van der Waals surface area contributed by atoms with Crippen LogP contribution in [0.5, 0.6) is 11.5 Å². The van der Waals surface area contributed by atoms with E-state index in [-0.39, 0.29) is 12.5 Å². The first-order valence-corrected chi connectivity index (χ1v) is 11.0. The summed E-state index contributed by atoms with van der Waals surface area (Å²) in [7, 11) is 0. The second kappa shape index (κ2) is 10.9. The molecule has 168 valence electrons. The Hall–Kier alpha value is -3.18. The number of anilines is 2. The van der Waals surface area contributed by atoms with Crippen LogP contribution < -0.4 is 20.1 Å². The minimum atomic E-state index is -0.269. The lowest BCUT2D eigenvalue weighted by Crippen LogP contribution is -2.20. The van der Waals surface area contributed by atoms with E-state index in [2.05, 4.69) is 42.7 Å². The Bertz CT molecular complexity index is 1100. The van der Waals surface area contributed by atoms with Crippen molar-refractivity contribution in [1.82, 2.24) is 0 Å². The van der Waals surface area contributed by atoms with Crippen molar-refractivity contribution in [2.45, 2.75) is 34.2 Å². The molecule has 32 heavy (non-hydrogen) atoms. The van der Waals surface area contributed by atoms with Gasteiger partial charge in [0.2, 0.25) is 0 Å². The number of hydrogen-bond donors (Lipinski definition) is 2. The SMILES string of the molecule is CCOc1cc(CNc2ccc(C)c(C)c2)cc(Cl)c1OCC(=O)Nc1cccc(C)c1. The van der Waals surface area contributed by atoms with Crippen molar-refractivity contribution in [2.75, 3.05) is 23.8 Å². The van der Waals surface area contributed by atoms with Crippen LogP contribution in [0, 0.1) is 20.8 Å². The highest BCUT2D eigenvalue weighted by Crippen LogP contribution is 2.37. The molecular weight excluding hydrogens is 424 g/mol. The van der Waals surface area contributed by atoms with E-state index in [0.29, 0.717) is 29.7 Å². The van der Waals surface area contributed by atoms with E-state index in [0.717, 1.165) is 22.5 Å². The summed E-state index contributed by atoms with van der Waals surface area (Å²) in [5, 5.41) is 6.63. The summed E-state index contributed by atoms with van der Waals surface area (Å²) in [6.45, 7) is 8.90. The first-order chi connectivity index (χ1) is 15.4. The minimum absolute atomic E-state index is 0.173. The molecule has 0 bridgehead atoms. The summed E-state index contributed by atoms with van der Waals surface area (Å²) in [5.74, 6) is 0.609. The minimum Gasteiger partial charge on any atom is -0.490 e. The Morgan fingerprint density at radius 1 is 0.938 bits per heavy atom. The Morgan fingerprint density at radius 3 is 2.47 bits per heavy atom. The van der Waals surface area contributed by atoms with E-state index in [1.54, 1.807) is 0 Å². The average Bonchev–Trinajstić information content (AvgIpc) is 2.74. The van der Waals surface area contributed by atoms with Crippen molar-refractivity contribution in [3.63, 3.8) is 0 Å². The molecule has 0 aliphatic heterocycles. The second-order valence-electron chi connectivity index (χ2n) is 7.70. The molecule has 0 aliphatic carbocycles. The first-order valence-electron chi connectivity index (χ1n) is 10.6. The summed E-state index contributed by atoms with van der Waals surface area (Å²) >= 11 is 6.50. The number of aryl methyl sites for hydroxylation is 3. The molecule has 0 fully saturated rings. The molecule has 0 aromatic heterocycles. The van der Waals surface area contributed by atoms with Crippen LogP contribution in [0.2, 0.25) is 5.02 Å². The number of halogens is 1. The standard InChI is InChI=1S/C26H29ClN2O3/c1-5-31-24-14-20(15-28-21-10-9-18(3)19(4)12-21)13-23(27)26(24)32-16-25(30)29-22-8-6-7-17(2)11-22/h6-14,28H,5,15-16H2,1-4H3,(H,29,30). The number of benzene rings is 3. The van der Waals surface area contributed by atoms with Gasteiger partial charge in [0, 0.05) is 17.9 Å². The Kier molecular flexibility index (Phi) is 8.01. The Labute approximate surface area is 194 Å². The number of rotatable bonds is 9. The molecule has 1 amide bonds. The lowest BCUT2D eigenvalue weighted by atomic mass is 10.1. The van der Waals surface area contributed by atoms with Gasteiger partial charge in [0.25, 0.3) is 5.91 Å². The third-order valence-electron chi connectivity index (χ3n) is 5.02. The normalized spacial score (nSPS) is 10.5. The molecule has 0 saturated heterocycles. The summed E-state index contributed by atoms with van der Waals surface area (Å²) in [6.07, 6.45) is 0. The molecule has 0 saturated carbocycles. The van der Waals surface area contributed by atoms with Gasteiger partial charge in [0.15, 0.2) is 18.1 Å². The largest absolute Gasteiger partial charge is 0.490 e. The van der Waals surface area contributed by atoms with Crippen LogP contribution in [0.1, 0.15) is 29.2 Å². The van der Waals surface area contributed by atoms with E-state index in [9.17, 15) is 4.79 Å². The maximum Gasteiger partial charge on any atom is 0.262 e. The first kappa shape index (κ1) is 23.5. The van der Waals surface area contributed by atoms with E-state index in [1.807, 2.05) is 50.2 Å². The van der Waals surface area contributed by atoms with Gasteiger partial charge in [-0.3, -0.25) is 4.79 Å². The van der Waals surface area contributed by atoms with Crippen molar-refractivity contribution < 1.29 is 14.3 Å². The van der Waals surface area contributed by atoms with Gasteiger partial charge in [-0.2, -0.15) is 0 Å². The van der Waals surface area contributed by atoms with Gasteiger partial charge in [-0.05, 0) is 86.3 Å². The number of amides is 1. The molecule has 0 atom stereocenters. The molecular formula is C26H29ClN2O3. The van der Waals surface area contributed by atoms with Crippen LogP contribution in [0.3, 0.4) is 0 Å². The van der Waals surface area contributed by atoms with Crippen molar-refractivity contribution in [3.05, 3.63) is 81.9 Å². The zero-order valence-corrected chi connectivity index (χ0v) is 19.7. The zero-order chi connectivity index (χ0) is 23.1. The smallest absolute Gasteiger partial charge is 0.262 e. The van der Waals surface area contributed by atoms with Crippen molar-refractivity contribution in [1.29, 1.82) is 0 Å². The third kappa shape index (κ3) is 6.41. The number of carbonyl (C=O) groups excluding carboxylic acids is 1. The highest BCUT2D eigenvalue weighted by molar-refractivity contribution is 6.32. The van der Waals surface area contributed by atoms with E-state index >= 15 is 0 Å². The Morgan fingerprint density at radius 2 is 1.75 bits per heavy atom. The van der Waals surface area contributed by atoms with Gasteiger partial charge in [0.1, 0.15) is 0 Å². The molecule has 2 N–H and O–H groups in total. The zero-order valence-electron chi connectivity index (χ0n) is 18.9. The quantitative estimate of drug-likeness (QED) is 0.400. The van der Waals surface area contributed by atoms with E-state index in [1.165, 1.54) is 11.1 Å². The van der Waals surface area contributed by atoms with Crippen LogP contribution in [0.15, 0.2) is 54.6 Å². The molecule has 5 nitrogen and oxygen atoms in total. The van der Waals surface area contributed by atoms with Crippen LogP contribution in [-0.2, 0) is 11.3 Å². The van der Waals surface area contributed by atoms with Crippen LogP contribution in [0.4, 0.5) is 11.4 Å². The predicted octanol–water partition coefficient (Wildman–Crippen LogP) is 6.29. The molecule has 0 radical (unpaired) electrons. The number of nitrogens with one attached hydrogen (secondary N) is 2. The van der Waals surface area contributed by atoms with Gasteiger partial charge < -0.3 is 20.1 Å². The topological polar surface area (TPSA) is 59.6 Å². The van der Waals surface area contributed by atoms with Crippen LogP contribution >= 0.6 is 11.6 Å². The van der Waals surface area contributed by atoms with Crippen LogP contribution in [0.25, 0.3) is 0 Å². The van der Waals surface area contributed by atoms with Gasteiger partial charge in [-0.15, -0.1) is 0 Å². The summed E-state index contributed by atoms with van der Waals surface area (Å²) in [4.78, 5) is 12.3. The van der Waals surface area contributed by atoms with E-state index < -0.39 is 0 Å². The maximum atomic E-state index is 12.3. The van der Waals surface area contributed by atoms with Crippen LogP contribution in [-0.4, -0.2) is 19.1 Å². The average molecular weight is 453 g/mol. The highest BCUT2D eigenvalue weighted by atomic mass is 35.5. The molecule has 3 rings (SSSR count). The Balaban J connectivity index is 1.67. The second-order valence-corrected chi connectivity index (χ2v) is 8.10. The lowest BCUT2D eigenvalue weighted by molar-refractivity contribution is -0.118. The van der Waals surface area contributed by atoms with E-state index in [4.69, 9.17) is 21.1 Å². The fourth-order valence-electron chi connectivity index (χ4n) is 3.24. The van der Waals surface area contributed by atoms with Gasteiger partial charge in [-0.1, -0.05) is 29.8 Å². The molecule has 3 aromatic rings. The highest BCUT2D eigenvalue weighted by Gasteiger charge is 2.15. The lowest BCUT2D eigenvalue weighted by Gasteiger charge is -2.16. The molecule has 0 aliphatic rings. The third-order valence-corrected chi connectivity index (χ3v) is 5.30. The molecule has 0 spiro atoms. The number of carbonyl (C=O) groups is 1. The molecule has 0 unspecified atom stereocenters. The summed E-state index contributed by atoms with van der Waals surface area (Å²) < 4.78 is 11.5. The van der Waals surface area contributed by atoms with Crippen molar-refractivity contribution >= 4 is 28.9 Å². The fourth-order valence-corrected chi connectivity index (χ4v) is 3.53. The van der Waals surface area contributed by atoms with Crippen molar-refractivity contribution in [3.8, 4) is 11.5 Å². The van der Waals surface area contributed by atoms with Crippen molar-refractivity contribution in [2.24, 2.45) is 0 Å². The number of hydrogen-bond acceptors (Lipinski definition) is 4. The maximum absolute atomic E-state index is 12.3. The molecule has 6 heteroatoms. The molecule has 3 aromatic carbocycles. The van der Waals surface area contributed by atoms with Gasteiger partial charge >= 0.3 is 0 Å². The van der Waals surface area contributed by atoms with Gasteiger partial charge in [-0.25, -0.2) is 0 Å².